The van der Waals surface area contributed by atoms with Crippen molar-refractivity contribution in [2.45, 2.75) is 33.4 Å². The number of rotatable bonds is 7. The first-order chi connectivity index (χ1) is 12.1. The summed E-state index contributed by atoms with van der Waals surface area (Å²) in [5.41, 5.74) is 2.10. The van der Waals surface area contributed by atoms with E-state index in [9.17, 15) is 4.79 Å². The highest BCUT2D eigenvalue weighted by molar-refractivity contribution is 7.09. The Morgan fingerprint density at radius 2 is 2.12 bits per heavy atom. The molecule has 0 aliphatic rings. The fourth-order valence-electron chi connectivity index (χ4n) is 2.65. The summed E-state index contributed by atoms with van der Waals surface area (Å²) in [6.07, 6.45) is 7.04. The van der Waals surface area contributed by atoms with Crippen molar-refractivity contribution in [3.63, 3.8) is 0 Å². The fourth-order valence-corrected chi connectivity index (χ4v) is 3.29. The number of aromatic nitrogens is 4. The third-order valence-electron chi connectivity index (χ3n) is 4.12. The topological polar surface area (TPSA) is 75.4 Å². The molecule has 1 amide bonds. The van der Waals surface area contributed by atoms with E-state index in [1.807, 2.05) is 24.7 Å². The van der Waals surface area contributed by atoms with E-state index in [1.54, 1.807) is 16.9 Å². The predicted octanol–water partition coefficient (Wildman–Crippen LogP) is 2.52. The molecule has 0 bridgehead atoms. The lowest BCUT2D eigenvalue weighted by atomic mass is 10.2. The van der Waals surface area contributed by atoms with Crippen LogP contribution in [0.3, 0.4) is 0 Å². The quantitative estimate of drug-likeness (QED) is 0.702. The van der Waals surface area contributed by atoms with Gasteiger partial charge < -0.3 is 5.32 Å². The molecule has 1 unspecified atom stereocenters. The van der Waals surface area contributed by atoms with E-state index in [0.717, 1.165) is 30.2 Å². The Labute approximate surface area is 150 Å². The van der Waals surface area contributed by atoms with Crippen LogP contribution in [-0.4, -0.2) is 43.5 Å². The van der Waals surface area contributed by atoms with E-state index in [0.29, 0.717) is 11.2 Å². The van der Waals surface area contributed by atoms with E-state index >= 15 is 0 Å². The lowest BCUT2D eigenvalue weighted by Crippen LogP contribution is -2.26. The molecule has 0 saturated heterocycles. The molecule has 0 saturated carbocycles. The number of amides is 1. The lowest BCUT2D eigenvalue weighted by molar-refractivity contribution is 0.0941. The Balaban J connectivity index is 1.77. The minimum Gasteiger partial charge on any atom is -0.343 e. The van der Waals surface area contributed by atoms with Gasteiger partial charge in [0.15, 0.2) is 5.65 Å². The Morgan fingerprint density at radius 1 is 1.32 bits per heavy atom. The molecule has 3 rings (SSSR count). The molecule has 0 aliphatic heterocycles. The van der Waals surface area contributed by atoms with E-state index in [-0.39, 0.29) is 11.9 Å². The van der Waals surface area contributed by atoms with Crippen molar-refractivity contribution in [1.29, 1.82) is 0 Å². The van der Waals surface area contributed by atoms with Crippen LogP contribution in [-0.2, 0) is 6.54 Å². The molecule has 0 radical (unpaired) electrons. The fraction of sp³-hybridized carbons (Fsp3) is 0.412. The Morgan fingerprint density at radius 3 is 2.80 bits per heavy atom. The van der Waals surface area contributed by atoms with Crippen LogP contribution in [0.1, 0.15) is 47.7 Å². The van der Waals surface area contributed by atoms with Gasteiger partial charge in [0.25, 0.3) is 5.91 Å². The number of carbonyl (C=O) groups is 1. The molecule has 1 atom stereocenters. The van der Waals surface area contributed by atoms with Gasteiger partial charge in [-0.3, -0.25) is 9.69 Å². The SMILES string of the molecule is CCN(CC)Cc1cnc2c(C(=O)NC(C)c3nccs3)cnn2c1. The molecule has 25 heavy (non-hydrogen) atoms. The van der Waals surface area contributed by atoms with Crippen LogP contribution in [0.15, 0.2) is 30.2 Å². The zero-order valence-corrected chi connectivity index (χ0v) is 15.5. The number of carbonyl (C=O) groups excluding carboxylic acids is 1. The minimum absolute atomic E-state index is 0.149. The molecule has 0 spiro atoms. The van der Waals surface area contributed by atoms with Crippen LogP contribution in [0, 0.1) is 0 Å². The molecular weight excluding hydrogens is 336 g/mol. The number of thiazole rings is 1. The van der Waals surface area contributed by atoms with Crippen LogP contribution in [0.2, 0.25) is 0 Å². The number of nitrogens with zero attached hydrogens (tertiary/aromatic N) is 5. The van der Waals surface area contributed by atoms with Gasteiger partial charge in [0.1, 0.15) is 10.6 Å². The van der Waals surface area contributed by atoms with Crippen molar-refractivity contribution in [2.75, 3.05) is 13.1 Å². The Kier molecular flexibility index (Phi) is 5.40. The Hall–Kier alpha value is -2.32. The molecule has 7 nitrogen and oxygen atoms in total. The summed E-state index contributed by atoms with van der Waals surface area (Å²) in [4.78, 5) is 23.5. The maximum atomic E-state index is 12.5. The van der Waals surface area contributed by atoms with E-state index in [2.05, 4.69) is 39.1 Å². The first kappa shape index (κ1) is 17.5. The van der Waals surface area contributed by atoms with E-state index < -0.39 is 0 Å². The summed E-state index contributed by atoms with van der Waals surface area (Å²) in [7, 11) is 0. The molecule has 1 N–H and O–H groups in total. The van der Waals surface area contributed by atoms with E-state index in [1.165, 1.54) is 11.3 Å². The minimum atomic E-state index is -0.193. The van der Waals surface area contributed by atoms with Crippen LogP contribution < -0.4 is 5.32 Å². The van der Waals surface area contributed by atoms with Gasteiger partial charge in [-0.25, -0.2) is 14.5 Å². The molecule has 3 aromatic rings. The number of hydrogen-bond donors (Lipinski definition) is 1. The number of fused-ring (bicyclic) bond motifs is 1. The molecule has 3 aromatic heterocycles. The van der Waals surface area contributed by atoms with Crippen molar-refractivity contribution >= 4 is 22.9 Å². The predicted molar refractivity (Wildman–Crippen MR) is 97.6 cm³/mol. The second-order valence-electron chi connectivity index (χ2n) is 5.82. The maximum Gasteiger partial charge on any atom is 0.257 e. The van der Waals surface area contributed by atoms with Gasteiger partial charge in [0.2, 0.25) is 0 Å². The van der Waals surface area contributed by atoms with Gasteiger partial charge in [-0.2, -0.15) is 5.10 Å². The highest BCUT2D eigenvalue weighted by Gasteiger charge is 2.18. The molecule has 3 heterocycles. The van der Waals surface area contributed by atoms with Gasteiger partial charge in [-0.1, -0.05) is 13.8 Å². The first-order valence-electron chi connectivity index (χ1n) is 8.37. The maximum absolute atomic E-state index is 12.5. The van der Waals surface area contributed by atoms with Crippen molar-refractivity contribution in [2.24, 2.45) is 0 Å². The highest BCUT2D eigenvalue weighted by Crippen LogP contribution is 2.17. The molecule has 0 aliphatic carbocycles. The smallest absolute Gasteiger partial charge is 0.257 e. The average molecular weight is 358 g/mol. The summed E-state index contributed by atoms with van der Waals surface area (Å²) < 4.78 is 1.67. The van der Waals surface area contributed by atoms with Gasteiger partial charge in [0.05, 0.1) is 12.2 Å². The summed E-state index contributed by atoms with van der Waals surface area (Å²) in [6, 6.07) is -0.149. The van der Waals surface area contributed by atoms with Crippen molar-refractivity contribution in [3.8, 4) is 0 Å². The average Bonchev–Trinajstić information content (AvgIpc) is 3.28. The second kappa shape index (κ2) is 7.71. The van der Waals surface area contributed by atoms with Gasteiger partial charge in [-0.05, 0) is 20.0 Å². The van der Waals surface area contributed by atoms with Crippen LogP contribution >= 0.6 is 11.3 Å². The molecule has 0 aromatic carbocycles. The van der Waals surface area contributed by atoms with Gasteiger partial charge in [0, 0.05) is 36.1 Å². The summed E-state index contributed by atoms with van der Waals surface area (Å²) in [5, 5.41) is 10.0. The molecular formula is C17H22N6OS. The molecule has 132 valence electrons. The Bertz CT molecular complexity index is 840. The van der Waals surface area contributed by atoms with Crippen LogP contribution in [0.4, 0.5) is 0 Å². The zero-order chi connectivity index (χ0) is 17.8. The van der Waals surface area contributed by atoms with E-state index in [4.69, 9.17) is 0 Å². The normalized spacial score (nSPS) is 12.6. The van der Waals surface area contributed by atoms with Gasteiger partial charge >= 0.3 is 0 Å². The third-order valence-corrected chi connectivity index (χ3v) is 5.08. The molecule has 0 fully saturated rings. The number of nitrogens with one attached hydrogen (secondary N) is 1. The number of hydrogen-bond acceptors (Lipinski definition) is 6. The van der Waals surface area contributed by atoms with Crippen molar-refractivity contribution in [3.05, 3.63) is 46.3 Å². The second-order valence-corrected chi connectivity index (χ2v) is 6.74. The standard InChI is InChI=1S/C17H22N6OS/c1-4-22(5-2)10-13-8-19-15-14(9-20-23(15)11-13)16(24)21-12(3)17-18-6-7-25-17/h6-9,11-12H,4-5,10H2,1-3H3,(H,21,24). The van der Waals surface area contributed by atoms with Crippen molar-refractivity contribution in [1.82, 2.24) is 29.8 Å². The zero-order valence-electron chi connectivity index (χ0n) is 14.6. The highest BCUT2D eigenvalue weighted by atomic mass is 32.1. The van der Waals surface area contributed by atoms with Crippen LogP contribution in [0.5, 0.6) is 0 Å². The lowest BCUT2D eigenvalue weighted by Gasteiger charge is -2.17. The largest absolute Gasteiger partial charge is 0.343 e. The third kappa shape index (κ3) is 3.85. The summed E-state index contributed by atoms with van der Waals surface area (Å²) >= 11 is 1.52. The summed E-state index contributed by atoms with van der Waals surface area (Å²) in [5.74, 6) is -0.193. The van der Waals surface area contributed by atoms with Crippen LogP contribution in [0.25, 0.3) is 5.65 Å². The molecule has 8 heteroatoms. The van der Waals surface area contributed by atoms with Gasteiger partial charge in [-0.15, -0.1) is 11.3 Å². The summed E-state index contributed by atoms with van der Waals surface area (Å²) in [6.45, 7) is 8.97. The monoisotopic (exact) mass is 358 g/mol. The van der Waals surface area contributed by atoms with Crippen molar-refractivity contribution < 1.29 is 4.79 Å². The first-order valence-corrected chi connectivity index (χ1v) is 9.25.